The molecule has 2 aliphatic rings. The van der Waals surface area contributed by atoms with Crippen molar-refractivity contribution in [2.75, 3.05) is 33.7 Å². The number of hydrazine groups is 1. The van der Waals surface area contributed by atoms with Gasteiger partial charge < -0.3 is 18.8 Å². The molecule has 0 fully saturated rings. The van der Waals surface area contributed by atoms with Crippen molar-refractivity contribution in [3.05, 3.63) is 11.3 Å². The summed E-state index contributed by atoms with van der Waals surface area (Å²) in [4.78, 5) is 23.4. The van der Waals surface area contributed by atoms with Crippen molar-refractivity contribution in [1.29, 1.82) is 0 Å². The molecule has 7 nitrogen and oxygen atoms in total. The van der Waals surface area contributed by atoms with Crippen molar-refractivity contribution >= 4 is 20.5 Å². The molecule has 0 aromatic rings. The van der Waals surface area contributed by atoms with E-state index in [-0.39, 0.29) is 11.0 Å². The number of rotatable bonds is 3. The number of hydrogen-bond acceptors (Lipinski definition) is 3. The van der Waals surface area contributed by atoms with Crippen molar-refractivity contribution in [2.45, 2.75) is 63.7 Å². The van der Waals surface area contributed by atoms with Gasteiger partial charge in [0.05, 0.1) is 25.0 Å². The van der Waals surface area contributed by atoms with Gasteiger partial charge in [0.2, 0.25) is 0 Å². The molecule has 1 amide bonds. The molecule has 28 heavy (non-hydrogen) atoms. The predicted octanol–water partition coefficient (Wildman–Crippen LogP) is 3.44. The Bertz CT molecular complexity index is 699. The zero-order chi connectivity index (χ0) is 21.9. The number of hydrogen-bond donors (Lipinski definition) is 2. The molecule has 160 valence electrons. The molecule has 2 N–H and O–H groups in total. The van der Waals surface area contributed by atoms with E-state index in [2.05, 4.69) is 0 Å². The summed E-state index contributed by atoms with van der Waals surface area (Å²) in [6, 6.07) is 0. The minimum absolute atomic E-state index is 0.0633. The van der Waals surface area contributed by atoms with Gasteiger partial charge in [-0.2, -0.15) is 0 Å². The van der Waals surface area contributed by atoms with Crippen LogP contribution in [0, 0.1) is 0 Å². The van der Waals surface area contributed by atoms with Crippen LogP contribution in [0.2, 0.25) is 10.1 Å². The lowest BCUT2D eigenvalue weighted by atomic mass is 10.0. The highest BCUT2D eigenvalue weighted by atomic mass is 28.4. The molecule has 0 saturated carbocycles. The largest absolute Gasteiger partial charge is 0.477 e. The van der Waals surface area contributed by atoms with Crippen LogP contribution in [0.25, 0.3) is 0 Å². The fourth-order valence-corrected chi connectivity index (χ4v) is 10.5. The third-order valence-corrected chi connectivity index (χ3v) is 12.2. The van der Waals surface area contributed by atoms with E-state index in [1.165, 1.54) is 5.01 Å². The summed E-state index contributed by atoms with van der Waals surface area (Å²) >= 11 is 0. The molecule has 0 spiro atoms. The van der Waals surface area contributed by atoms with E-state index in [4.69, 9.17) is 0 Å². The molecule has 0 bridgehead atoms. The number of halogens is 1. The second-order valence-corrected chi connectivity index (χ2v) is 15.5. The zero-order valence-corrected chi connectivity index (χ0v) is 19.3. The van der Waals surface area contributed by atoms with Crippen LogP contribution in [-0.4, -0.2) is 84.6 Å². The van der Waals surface area contributed by atoms with Crippen LogP contribution < -0.4 is 0 Å². The molecule has 2 rings (SSSR count). The predicted molar refractivity (Wildman–Crippen MR) is 108 cm³/mol. The van der Waals surface area contributed by atoms with Gasteiger partial charge in [-0.1, -0.05) is 41.5 Å². The lowest BCUT2D eigenvalue weighted by Gasteiger charge is -2.51. The smallest absolute Gasteiger partial charge is 0.426 e. The average molecular weight is 417 g/mol. The number of carboxylic acid groups (broad SMARTS) is 2. The molecule has 0 aromatic carbocycles. The highest BCUT2D eigenvalue weighted by Crippen LogP contribution is 2.58. The third-order valence-electron chi connectivity index (χ3n) is 6.34. The molecule has 0 saturated heterocycles. The summed E-state index contributed by atoms with van der Waals surface area (Å²) < 4.78 is 17.5. The van der Waals surface area contributed by atoms with Gasteiger partial charge in [-0.15, -0.1) is 0 Å². The second-order valence-electron chi connectivity index (χ2n) is 10.6. The van der Waals surface area contributed by atoms with Gasteiger partial charge in [0.15, 0.2) is 6.54 Å². The lowest BCUT2D eigenvalue weighted by Crippen LogP contribution is -2.65. The molecule has 2 atom stereocenters. The standard InChI is InChI=1S/C19H34FN3O4Si/c1-18(2,3)28(20,19(4,5)6)16-13-11-23(8,12-15(24)25)10-9-14(13)22(17(26)27)21(16)7/h16H,9-12H2,1-8H3,(H-,24,25,26,27)/p+1. The van der Waals surface area contributed by atoms with Crippen molar-refractivity contribution in [3.63, 3.8) is 0 Å². The summed E-state index contributed by atoms with van der Waals surface area (Å²) in [5.74, 6) is -0.903. The number of quaternary nitrogens is 1. The van der Waals surface area contributed by atoms with Gasteiger partial charge in [0.25, 0.3) is 8.41 Å². The van der Waals surface area contributed by atoms with Crippen LogP contribution in [0.3, 0.4) is 0 Å². The number of carbonyl (C=O) groups is 2. The quantitative estimate of drug-likeness (QED) is 0.418. The summed E-state index contributed by atoms with van der Waals surface area (Å²) in [5, 5.41) is 20.7. The number of aliphatic carboxylic acids is 1. The number of nitrogens with zero attached hydrogens (tertiary/aromatic N) is 3. The Kier molecular flexibility index (Phi) is 5.55. The van der Waals surface area contributed by atoms with Crippen LogP contribution in [0.4, 0.5) is 8.90 Å². The Morgan fingerprint density at radius 3 is 2.07 bits per heavy atom. The van der Waals surface area contributed by atoms with Gasteiger partial charge in [-0.25, -0.2) is 19.6 Å². The van der Waals surface area contributed by atoms with E-state index >= 15 is 4.11 Å². The normalized spacial score (nSPS) is 27.2. The maximum atomic E-state index is 17.2. The van der Waals surface area contributed by atoms with Crippen LogP contribution in [0.1, 0.15) is 48.0 Å². The fraction of sp³-hybridized carbons (Fsp3) is 0.789. The van der Waals surface area contributed by atoms with Crippen LogP contribution in [-0.2, 0) is 4.79 Å². The molecule has 0 radical (unpaired) electrons. The molecular formula is C19H35FN3O4Si+. The summed E-state index contributed by atoms with van der Waals surface area (Å²) in [6.07, 6.45) is -0.698. The molecule has 2 unspecified atom stereocenters. The molecule has 9 heteroatoms. The van der Waals surface area contributed by atoms with Crippen molar-refractivity contribution in [2.24, 2.45) is 0 Å². The van der Waals surface area contributed by atoms with Crippen molar-refractivity contribution in [3.8, 4) is 0 Å². The minimum atomic E-state index is -3.68. The minimum Gasteiger partial charge on any atom is -0.477 e. The first-order valence-electron chi connectivity index (χ1n) is 9.68. The maximum absolute atomic E-state index is 17.2. The van der Waals surface area contributed by atoms with Gasteiger partial charge in [-0.05, 0) is 10.1 Å². The van der Waals surface area contributed by atoms with E-state index in [0.29, 0.717) is 25.2 Å². The van der Waals surface area contributed by atoms with E-state index < -0.39 is 36.2 Å². The van der Waals surface area contributed by atoms with Crippen LogP contribution in [0.5, 0.6) is 0 Å². The van der Waals surface area contributed by atoms with Gasteiger partial charge in [0, 0.05) is 19.0 Å². The van der Waals surface area contributed by atoms with Gasteiger partial charge in [-0.3, -0.25) is 0 Å². The molecule has 2 heterocycles. The van der Waals surface area contributed by atoms with E-state index in [1.54, 1.807) is 12.1 Å². The van der Waals surface area contributed by atoms with Gasteiger partial charge >= 0.3 is 12.1 Å². The Hall–Kier alpha value is -1.45. The first kappa shape index (κ1) is 22.8. The van der Waals surface area contributed by atoms with Crippen LogP contribution >= 0.6 is 0 Å². The summed E-state index contributed by atoms with van der Waals surface area (Å²) in [5.41, 5.74) is 0.744. The van der Waals surface area contributed by atoms with E-state index in [9.17, 15) is 19.8 Å². The number of likely N-dealkylation sites (N-methyl/N-ethyl adjacent to an activating group) is 2. The highest BCUT2D eigenvalue weighted by Gasteiger charge is 2.66. The Morgan fingerprint density at radius 1 is 1.18 bits per heavy atom. The highest BCUT2D eigenvalue weighted by molar-refractivity contribution is 6.81. The molecule has 0 aliphatic carbocycles. The van der Waals surface area contributed by atoms with E-state index in [0.717, 1.165) is 5.57 Å². The zero-order valence-electron chi connectivity index (χ0n) is 18.3. The summed E-state index contributed by atoms with van der Waals surface area (Å²) in [6.45, 7) is 12.2. The molecule has 0 aromatic heterocycles. The van der Waals surface area contributed by atoms with Gasteiger partial charge in [0.1, 0.15) is 6.54 Å². The average Bonchev–Trinajstić information content (AvgIpc) is 2.74. The maximum Gasteiger partial charge on any atom is 0.426 e. The Balaban J connectivity index is 2.67. The summed E-state index contributed by atoms with van der Waals surface area (Å²) in [7, 11) is -0.170. The van der Waals surface area contributed by atoms with Crippen molar-refractivity contribution < 1.29 is 28.4 Å². The third kappa shape index (κ3) is 3.48. The first-order chi connectivity index (χ1) is 12.5. The lowest BCUT2D eigenvalue weighted by molar-refractivity contribution is -0.899. The Morgan fingerprint density at radius 2 is 1.68 bits per heavy atom. The fourth-order valence-electron chi connectivity index (χ4n) is 5.29. The van der Waals surface area contributed by atoms with E-state index in [1.807, 2.05) is 48.6 Å². The van der Waals surface area contributed by atoms with Crippen LogP contribution in [0.15, 0.2) is 11.3 Å². The topological polar surface area (TPSA) is 81.1 Å². The van der Waals surface area contributed by atoms with Crippen molar-refractivity contribution in [1.82, 2.24) is 10.0 Å². The first-order valence-corrected chi connectivity index (χ1v) is 11.6. The SMILES string of the molecule is CN1C([Si](F)(C(C)(C)C)C(C)(C)C)C2=C(CC[N+](C)(CC(=O)O)C2)N1C(=O)O. The number of carboxylic acids is 1. The Labute approximate surface area is 168 Å². The monoisotopic (exact) mass is 416 g/mol. The number of amides is 1. The molecular weight excluding hydrogens is 381 g/mol. The molecule has 2 aliphatic heterocycles. The second kappa shape index (κ2) is 6.81.